The van der Waals surface area contributed by atoms with E-state index in [4.69, 9.17) is 23.7 Å². The molecular formula is C24H29NO6. The minimum Gasteiger partial charge on any atom is -0.468 e. The summed E-state index contributed by atoms with van der Waals surface area (Å²) in [6.45, 7) is 4.83. The molecular weight excluding hydrogens is 398 g/mol. The third-order valence-corrected chi connectivity index (χ3v) is 5.99. The zero-order chi connectivity index (χ0) is 21.6. The van der Waals surface area contributed by atoms with Gasteiger partial charge < -0.3 is 28.5 Å². The molecule has 0 saturated carbocycles. The zero-order valence-corrected chi connectivity index (χ0v) is 18.0. The average molecular weight is 427 g/mol. The lowest BCUT2D eigenvalue weighted by molar-refractivity contribution is -0.109. The SMILES string of the molecule is COCCOCOc1ccc(C2CC(c3ccc4c(c3C)OCO4)CN2CC=O)cc1. The molecule has 2 atom stereocenters. The van der Waals surface area contributed by atoms with Crippen molar-refractivity contribution in [2.24, 2.45) is 0 Å². The minimum absolute atomic E-state index is 0.173. The number of hydrogen-bond acceptors (Lipinski definition) is 7. The van der Waals surface area contributed by atoms with Crippen molar-refractivity contribution in [2.75, 3.05) is 47.0 Å². The molecule has 31 heavy (non-hydrogen) atoms. The van der Waals surface area contributed by atoms with Crippen molar-refractivity contribution in [2.45, 2.75) is 25.3 Å². The summed E-state index contributed by atoms with van der Waals surface area (Å²) in [7, 11) is 1.64. The maximum Gasteiger partial charge on any atom is 0.231 e. The Balaban J connectivity index is 1.44. The number of carbonyl (C=O) groups is 1. The smallest absolute Gasteiger partial charge is 0.231 e. The number of likely N-dealkylation sites (tertiary alicyclic amines) is 1. The Bertz CT molecular complexity index is 884. The highest BCUT2D eigenvalue weighted by Crippen LogP contribution is 2.45. The second-order valence-electron chi connectivity index (χ2n) is 7.81. The van der Waals surface area contributed by atoms with Gasteiger partial charge in [-0.15, -0.1) is 0 Å². The Kier molecular flexibility index (Phi) is 7.06. The van der Waals surface area contributed by atoms with E-state index in [9.17, 15) is 4.79 Å². The van der Waals surface area contributed by atoms with Gasteiger partial charge >= 0.3 is 0 Å². The molecule has 2 aromatic carbocycles. The molecule has 0 bridgehead atoms. The lowest BCUT2D eigenvalue weighted by Gasteiger charge is -2.22. The van der Waals surface area contributed by atoms with Gasteiger partial charge in [-0.25, -0.2) is 0 Å². The van der Waals surface area contributed by atoms with Crippen LogP contribution in [0.15, 0.2) is 36.4 Å². The molecule has 0 aliphatic carbocycles. The van der Waals surface area contributed by atoms with E-state index in [1.807, 2.05) is 18.2 Å². The largest absolute Gasteiger partial charge is 0.468 e. The summed E-state index contributed by atoms with van der Waals surface area (Å²) in [4.78, 5) is 13.6. The summed E-state index contributed by atoms with van der Waals surface area (Å²) >= 11 is 0. The van der Waals surface area contributed by atoms with E-state index in [1.165, 1.54) is 11.1 Å². The molecule has 0 N–H and O–H groups in total. The van der Waals surface area contributed by atoms with E-state index in [2.05, 4.69) is 30.0 Å². The lowest BCUT2D eigenvalue weighted by Crippen LogP contribution is -2.25. The number of fused-ring (bicyclic) bond motifs is 1. The summed E-state index contributed by atoms with van der Waals surface area (Å²) in [6, 6.07) is 12.3. The number of ether oxygens (including phenoxy) is 5. The molecule has 7 nitrogen and oxygen atoms in total. The second kappa shape index (κ2) is 10.1. The van der Waals surface area contributed by atoms with Crippen molar-refractivity contribution in [3.05, 3.63) is 53.1 Å². The van der Waals surface area contributed by atoms with E-state index < -0.39 is 0 Å². The van der Waals surface area contributed by atoms with Crippen molar-refractivity contribution in [3.8, 4) is 17.2 Å². The molecule has 2 aromatic rings. The number of carbonyl (C=O) groups excluding carboxylic acids is 1. The number of methoxy groups -OCH3 is 1. The molecule has 2 aliphatic heterocycles. The Labute approximate surface area is 182 Å². The molecule has 1 fully saturated rings. The van der Waals surface area contributed by atoms with Gasteiger partial charge in [0.15, 0.2) is 18.3 Å². The quantitative estimate of drug-likeness (QED) is 0.327. The molecule has 0 spiro atoms. The highest BCUT2D eigenvalue weighted by molar-refractivity contribution is 5.54. The minimum atomic E-state index is 0.173. The van der Waals surface area contributed by atoms with Crippen LogP contribution in [0.2, 0.25) is 0 Å². The molecule has 1 saturated heterocycles. The van der Waals surface area contributed by atoms with Crippen LogP contribution < -0.4 is 14.2 Å². The summed E-state index contributed by atoms with van der Waals surface area (Å²) in [5.41, 5.74) is 3.56. The van der Waals surface area contributed by atoms with Crippen molar-refractivity contribution in [3.63, 3.8) is 0 Å². The average Bonchev–Trinajstić information content (AvgIpc) is 3.42. The summed E-state index contributed by atoms with van der Waals surface area (Å²) < 4.78 is 27.1. The standard InChI is InChI=1S/C24H29NO6/c1-17-21(7-8-23-24(17)31-16-30-23)19-13-22(25(14-19)9-10-26)18-3-5-20(6-4-18)29-15-28-12-11-27-2/h3-8,10,19,22H,9,11-16H2,1-2H3. The van der Waals surface area contributed by atoms with Crippen molar-refractivity contribution < 1.29 is 28.5 Å². The van der Waals surface area contributed by atoms with Crippen LogP contribution in [0, 0.1) is 6.92 Å². The third kappa shape index (κ3) is 4.84. The van der Waals surface area contributed by atoms with Crippen LogP contribution in [0.1, 0.15) is 35.1 Å². The first kappa shape index (κ1) is 21.6. The van der Waals surface area contributed by atoms with Gasteiger partial charge in [0.25, 0.3) is 0 Å². The first-order valence-corrected chi connectivity index (χ1v) is 10.6. The van der Waals surface area contributed by atoms with Gasteiger partial charge in [0, 0.05) is 19.7 Å². The normalized spacial score (nSPS) is 20.2. The summed E-state index contributed by atoms with van der Waals surface area (Å²) in [5, 5.41) is 0. The van der Waals surface area contributed by atoms with E-state index in [-0.39, 0.29) is 19.6 Å². The van der Waals surface area contributed by atoms with Crippen LogP contribution in [-0.2, 0) is 14.3 Å². The molecule has 7 heteroatoms. The first-order chi connectivity index (χ1) is 15.2. The molecule has 0 amide bonds. The number of aldehydes is 1. The highest BCUT2D eigenvalue weighted by Gasteiger charge is 2.35. The molecule has 2 heterocycles. The maximum absolute atomic E-state index is 11.3. The Morgan fingerprint density at radius 2 is 1.97 bits per heavy atom. The van der Waals surface area contributed by atoms with E-state index in [0.717, 1.165) is 42.1 Å². The Morgan fingerprint density at radius 3 is 2.74 bits per heavy atom. The zero-order valence-electron chi connectivity index (χ0n) is 18.0. The molecule has 0 aromatic heterocycles. The van der Waals surface area contributed by atoms with E-state index >= 15 is 0 Å². The van der Waals surface area contributed by atoms with Gasteiger partial charge in [-0.05, 0) is 54.2 Å². The molecule has 2 unspecified atom stereocenters. The van der Waals surface area contributed by atoms with Crippen LogP contribution in [0.25, 0.3) is 0 Å². The maximum atomic E-state index is 11.3. The molecule has 0 radical (unpaired) electrons. The fraction of sp³-hybridized carbons (Fsp3) is 0.458. The van der Waals surface area contributed by atoms with E-state index in [0.29, 0.717) is 25.7 Å². The third-order valence-electron chi connectivity index (χ3n) is 5.99. The molecule has 4 rings (SSSR count). The van der Waals surface area contributed by atoms with Crippen molar-refractivity contribution >= 4 is 6.29 Å². The topological polar surface area (TPSA) is 66.5 Å². The predicted octanol–water partition coefficient (Wildman–Crippen LogP) is 3.45. The fourth-order valence-electron chi connectivity index (χ4n) is 4.44. The number of hydrogen-bond donors (Lipinski definition) is 0. The van der Waals surface area contributed by atoms with Crippen LogP contribution in [0.3, 0.4) is 0 Å². The number of nitrogens with zero attached hydrogens (tertiary/aromatic N) is 1. The molecule has 166 valence electrons. The van der Waals surface area contributed by atoms with Gasteiger partial charge in [-0.1, -0.05) is 18.2 Å². The van der Waals surface area contributed by atoms with Crippen molar-refractivity contribution in [1.82, 2.24) is 4.90 Å². The van der Waals surface area contributed by atoms with Crippen molar-refractivity contribution in [1.29, 1.82) is 0 Å². The second-order valence-corrected chi connectivity index (χ2v) is 7.81. The number of rotatable bonds is 10. The summed E-state index contributed by atoms with van der Waals surface area (Å²) in [5.74, 6) is 2.73. The van der Waals surface area contributed by atoms with Crippen LogP contribution in [-0.4, -0.2) is 58.2 Å². The number of benzene rings is 2. The van der Waals surface area contributed by atoms with E-state index in [1.54, 1.807) is 7.11 Å². The van der Waals surface area contributed by atoms with Crippen LogP contribution in [0.5, 0.6) is 17.2 Å². The first-order valence-electron chi connectivity index (χ1n) is 10.6. The van der Waals surface area contributed by atoms with Crippen LogP contribution >= 0.6 is 0 Å². The fourth-order valence-corrected chi connectivity index (χ4v) is 4.44. The summed E-state index contributed by atoms with van der Waals surface area (Å²) in [6.07, 6.45) is 1.92. The van der Waals surface area contributed by atoms with Gasteiger partial charge in [0.2, 0.25) is 6.79 Å². The van der Waals surface area contributed by atoms with Gasteiger partial charge in [-0.2, -0.15) is 0 Å². The van der Waals surface area contributed by atoms with Gasteiger partial charge in [0.1, 0.15) is 12.0 Å². The van der Waals surface area contributed by atoms with Crippen LogP contribution in [0.4, 0.5) is 0 Å². The predicted molar refractivity (Wildman–Crippen MR) is 115 cm³/mol. The molecule has 2 aliphatic rings. The Hall–Kier alpha value is -2.61. The highest BCUT2D eigenvalue weighted by atomic mass is 16.7. The van der Waals surface area contributed by atoms with Gasteiger partial charge in [0.05, 0.1) is 19.8 Å². The monoisotopic (exact) mass is 427 g/mol. The Morgan fingerprint density at radius 1 is 1.13 bits per heavy atom. The lowest BCUT2D eigenvalue weighted by atomic mass is 9.90. The van der Waals surface area contributed by atoms with Gasteiger partial charge in [-0.3, -0.25) is 4.90 Å².